The van der Waals surface area contributed by atoms with Gasteiger partial charge in [-0.2, -0.15) is 0 Å². The van der Waals surface area contributed by atoms with Gasteiger partial charge in [0.25, 0.3) is 0 Å². The Balaban J connectivity index is 2.57. The molecule has 0 aliphatic carbocycles. The van der Waals surface area contributed by atoms with E-state index in [1.54, 1.807) is 0 Å². The van der Waals surface area contributed by atoms with Crippen molar-refractivity contribution in [3.05, 3.63) is 36.1 Å². The SMILES string of the molecule is CCCc1cccc2c[c]oc12. The van der Waals surface area contributed by atoms with E-state index in [-0.39, 0.29) is 0 Å². The minimum Gasteiger partial charge on any atom is -0.452 e. The first kappa shape index (κ1) is 7.41. The zero-order chi connectivity index (χ0) is 8.39. The number of aryl methyl sites for hydroxylation is 1. The zero-order valence-electron chi connectivity index (χ0n) is 7.13. The largest absolute Gasteiger partial charge is 0.452 e. The van der Waals surface area contributed by atoms with Crippen molar-refractivity contribution in [3.63, 3.8) is 0 Å². The third-order valence-corrected chi connectivity index (χ3v) is 2.02. The molecule has 1 aromatic carbocycles. The molecule has 1 heterocycles. The van der Waals surface area contributed by atoms with Crippen LogP contribution in [0.25, 0.3) is 11.0 Å². The summed E-state index contributed by atoms with van der Waals surface area (Å²) in [6.07, 6.45) is 5.00. The van der Waals surface area contributed by atoms with Gasteiger partial charge in [0, 0.05) is 5.39 Å². The van der Waals surface area contributed by atoms with Crippen molar-refractivity contribution in [1.82, 2.24) is 0 Å². The van der Waals surface area contributed by atoms with E-state index in [9.17, 15) is 0 Å². The first-order valence-electron chi connectivity index (χ1n) is 4.29. The third kappa shape index (κ3) is 1.11. The van der Waals surface area contributed by atoms with Crippen LogP contribution >= 0.6 is 0 Å². The fourth-order valence-corrected chi connectivity index (χ4v) is 1.46. The molecule has 0 aliphatic rings. The monoisotopic (exact) mass is 159 g/mol. The molecule has 0 fully saturated rings. The van der Waals surface area contributed by atoms with Crippen molar-refractivity contribution < 1.29 is 4.42 Å². The minimum absolute atomic E-state index is 0.999. The molecule has 2 rings (SSSR count). The standard InChI is InChI=1S/C11H11O/c1-2-4-9-5-3-6-10-7-8-12-11(9)10/h3,5-7H,2,4H2,1H3. The predicted octanol–water partition coefficient (Wildman–Crippen LogP) is 3.19. The molecule has 0 amide bonds. The van der Waals surface area contributed by atoms with E-state index in [0.717, 1.165) is 23.8 Å². The number of rotatable bonds is 2. The minimum atomic E-state index is 0.999. The van der Waals surface area contributed by atoms with Crippen LogP contribution in [0.3, 0.4) is 0 Å². The van der Waals surface area contributed by atoms with Crippen molar-refractivity contribution in [2.24, 2.45) is 0 Å². The second-order valence-corrected chi connectivity index (χ2v) is 2.95. The molecule has 1 aromatic heterocycles. The first-order chi connectivity index (χ1) is 5.92. The average molecular weight is 159 g/mol. The van der Waals surface area contributed by atoms with Gasteiger partial charge in [0.15, 0.2) is 6.26 Å². The van der Waals surface area contributed by atoms with Gasteiger partial charge in [-0.15, -0.1) is 0 Å². The second kappa shape index (κ2) is 3.02. The summed E-state index contributed by atoms with van der Waals surface area (Å²) in [5, 5.41) is 1.15. The van der Waals surface area contributed by atoms with Crippen LogP contribution in [0.5, 0.6) is 0 Å². The molecule has 0 unspecified atom stereocenters. The number of hydrogen-bond donors (Lipinski definition) is 0. The number of para-hydroxylation sites is 1. The number of benzene rings is 1. The summed E-state index contributed by atoms with van der Waals surface area (Å²) < 4.78 is 5.28. The van der Waals surface area contributed by atoms with Crippen molar-refractivity contribution >= 4 is 11.0 Å². The van der Waals surface area contributed by atoms with Gasteiger partial charge in [-0.1, -0.05) is 31.5 Å². The Hall–Kier alpha value is -1.24. The summed E-state index contributed by atoms with van der Waals surface area (Å²) in [6.45, 7) is 2.17. The van der Waals surface area contributed by atoms with Gasteiger partial charge in [0.1, 0.15) is 5.58 Å². The van der Waals surface area contributed by atoms with Gasteiger partial charge in [-0.05, 0) is 18.1 Å². The number of furan rings is 1. The first-order valence-corrected chi connectivity index (χ1v) is 4.29. The van der Waals surface area contributed by atoms with Crippen molar-refractivity contribution in [2.45, 2.75) is 19.8 Å². The van der Waals surface area contributed by atoms with E-state index in [1.807, 2.05) is 6.07 Å². The van der Waals surface area contributed by atoms with E-state index in [1.165, 1.54) is 5.56 Å². The Labute approximate surface area is 72.0 Å². The van der Waals surface area contributed by atoms with Crippen LogP contribution in [0.15, 0.2) is 28.7 Å². The molecule has 0 saturated heterocycles. The van der Waals surface area contributed by atoms with Crippen LogP contribution in [0, 0.1) is 6.26 Å². The maximum absolute atomic E-state index is 5.28. The Morgan fingerprint density at radius 2 is 2.33 bits per heavy atom. The quantitative estimate of drug-likeness (QED) is 0.655. The Morgan fingerprint density at radius 3 is 3.17 bits per heavy atom. The highest BCUT2D eigenvalue weighted by atomic mass is 16.3. The fourth-order valence-electron chi connectivity index (χ4n) is 1.46. The molecule has 1 heteroatoms. The fraction of sp³-hybridized carbons (Fsp3) is 0.273. The van der Waals surface area contributed by atoms with Crippen LogP contribution in [0.2, 0.25) is 0 Å². The maximum atomic E-state index is 5.28. The highest BCUT2D eigenvalue weighted by molar-refractivity contribution is 5.80. The van der Waals surface area contributed by atoms with E-state index in [4.69, 9.17) is 4.42 Å². The molecule has 2 aromatic rings. The summed E-state index contributed by atoms with van der Waals surface area (Å²) >= 11 is 0. The highest BCUT2D eigenvalue weighted by Crippen LogP contribution is 2.20. The predicted molar refractivity (Wildman–Crippen MR) is 49.0 cm³/mol. The van der Waals surface area contributed by atoms with Crippen LogP contribution in [0.4, 0.5) is 0 Å². The molecule has 1 nitrogen and oxygen atoms in total. The number of hydrogen-bond acceptors (Lipinski definition) is 1. The van der Waals surface area contributed by atoms with Gasteiger partial charge in [-0.25, -0.2) is 0 Å². The van der Waals surface area contributed by atoms with Gasteiger partial charge in [0.2, 0.25) is 0 Å². The number of fused-ring (bicyclic) bond motifs is 1. The molecule has 0 N–H and O–H groups in total. The van der Waals surface area contributed by atoms with Gasteiger partial charge >= 0.3 is 0 Å². The lowest BCUT2D eigenvalue weighted by atomic mass is 10.1. The van der Waals surface area contributed by atoms with Crippen molar-refractivity contribution in [3.8, 4) is 0 Å². The van der Waals surface area contributed by atoms with E-state index in [2.05, 4.69) is 31.4 Å². The lowest BCUT2D eigenvalue weighted by molar-refractivity contribution is 0.600. The van der Waals surface area contributed by atoms with Crippen molar-refractivity contribution in [2.75, 3.05) is 0 Å². The molecule has 1 radical (unpaired) electrons. The van der Waals surface area contributed by atoms with E-state index >= 15 is 0 Å². The third-order valence-electron chi connectivity index (χ3n) is 2.02. The Bertz CT molecular complexity index is 373. The van der Waals surface area contributed by atoms with Gasteiger partial charge in [-0.3, -0.25) is 0 Å². The zero-order valence-corrected chi connectivity index (χ0v) is 7.13. The summed E-state index contributed by atoms with van der Waals surface area (Å²) in [5.74, 6) is 0. The molecular weight excluding hydrogens is 148 g/mol. The lowest BCUT2D eigenvalue weighted by Crippen LogP contribution is -1.82. The van der Waals surface area contributed by atoms with E-state index < -0.39 is 0 Å². The van der Waals surface area contributed by atoms with Crippen LogP contribution in [0.1, 0.15) is 18.9 Å². The molecular formula is C11H11O. The molecule has 0 bridgehead atoms. The summed E-state index contributed by atoms with van der Waals surface area (Å²) in [4.78, 5) is 0. The maximum Gasteiger partial charge on any atom is 0.170 e. The van der Waals surface area contributed by atoms with Gasteiger partial charge in [0.05, 0.1) is 0 Å². The molecule has 0 saturated carbocycles. The molecule has 61 valence electrons. The molecule has 0 atom stereocenters. The summed E-state index contributed by atoms with van der Waals surface area (Å²) in [7, 11) is 0. The van der Waals surface area contributed by atoms with Crippen molar-refractivity contribution in [1.29, 1.82) is 0 Å². The van der Waals surface area contributed by atoms with Crippen LogP contribution in [-0.2, 0) is 6.42 Å². The normalized spacial score (nSPS) is 10.8. The molecule has 0 spiro atoms. The van der Waals surface area contributed by atoms with E-state index in [0.29, 0.717) is 0 Å². The smallest absolute Gasteiger partial charge is 0.170 e. The Kier molecular flexibility index (Phi) is 1.86. The average Bonchev–Trinajstić information content (AvgIpc) is 2.53. The van der Waals surface area contributed by atoms with Crippen LogP contribution in [-0.4, -0.2) is 0 Å². The van der Waals surface area contributed by atoms with Gasteiger partial charge < -0.3 is 4.42 Å². The topological polar surface area (TPSA) is 13.1 Å². The Morgan fingerprint density at radius 1 is 1.42 bits per heavy atom. The summed E-state index contributed by atoms with van der Waals surface area (Å²) in [6, 6.07) is 8.11. The molecule has 0 aliphatic heterocycles. The second-order valence-electron chi connectivity index (χ2n) is 2.95. The highest BCUT2D eigenvalue weighted by Gasteiger charge is 2.01. The lowest BCUT2D eigenvalue weighted by Gasteiger charge is -1.97. The summed E-state index contributed by atoms with van der Waals surface area (Å²) in [5.41, 5.74) is 2.29. The van der Waals surface area contributed by atoms with Crippen LogP contribution < -0.4 is 0 Å². The molecule has 12 heavy (non-hydrogen) atoms.